The van der Waals surface area contributed by atoms with Gasteiger partial charge >= 0.3 is 0 Å². The average molecular weight is 260 g/mol. The van der Waals surface area contributed by atoms with Crippen LogP contribution in [-0.4, -0.2) is 24.5 Å². The zero-order valence-electron chi connectivity index (χ0n) is 12.1. The van der Waals surface area contributed by atoms with Crippen LogP contribution in [0.15, 0.2) is 30.3 Å². The second-order valence-electron chi connectivity index (χ2n) is 6.30. The van der Waals surface area contributed by atoms with Gasteiger partial charge in [0.1, 0.15) is 0 Å². The Morgan fingerprint density at radius 1 is 1.37 bits per heavy atom. The molecule has 1 atom stereocenters. The maximum Gasteiger partial charge on any atom is 0.240 e. The Kier molecular flexibility index (Phi) is 3.95. The van der Waals surface area contributed by atoms with Crippen LogP contribution in [-0.2, 0) is 10.2 Å². The van der Waals surface area contributed by atoms with Crippen LogP contribution in [0.1, 0.15) is 39.2 Å². The Morgan fingerprint density at radius 2 is 2.05 bits per heavy atom. The van der Waals surface area contributed by atoms with E-state index in [9.17, 15) is 4.79 Å². The van der Waals surface area contributed by atoms with Crippen LogP contribution >= 0.6 is 0 Å². The topological polar surface area (TPSA) is 41.1 Å². The van der Waals surface area contributed by atoms with Crippen molar-refractivity contribution in [2.45, 2.75) is 44.6 Å². The number of nitrogens with one attached hydrogen (secondary N) is 2. The number of hydrogen-bond acceptors (Lipinski definition) is 2. The molecule has 0 bridgehead atoms. The summed E-state index contributed by atoms with van der Waals surface area (Å²) in [6.07, 6.45) is 2.00. The minimum absolute atomic E-state index is 0.0497. The van der Waals surface area contributed by atoms with E-state index in [1.54, 1.807) is 0 Å². The molecule has 1 aromatic carbocycles. The molecule has 3 heteroatoms. The highest BCUT2D eigenvalue weighted by Gasteiger charge is 2.36. The highest BCUT2D eigenvalue weighted by molar-refractivity contribution is 5.86. The summed E-state index contributed by atoms with van der Waals surface area (Å²) < 4.78 is 0. The molecule has 2 rings (SSSR count). The van der Waals surface area contributed by atoms with Crippen molar-refractivity contribution in [3.05, 3.63) is 35.9 Å². The molecule has 1 heterocycles. The van der Waals surface area contributed by atoms with Crippen molar-refractivity contribution in [2.75, 3.05) is 13.1 Å². The third kappa shape index (κ3) is 3.16. The zero-order valence-corrected chi connectivity index (χ0v) is 12.1. The van der Waals surface area contributed by atoms with Crippen LogP contribution in [0.25, 0.3) is 0 Å². The van der Waals surface area contributed by atoms with Gasteiger partial charge in [-0.05, 0) is 31.9 Å². The van der Waals surface area contributed by atoms with E-state index >= 15 is 0 Å². The fourth-order valence-corrected chi connectivity index (χ4v) is 2.58. The summed E-state index contributed by atoms with van der Waals surface area (Å²) in [6, 6.07) is 10.3. The summed E-state index contributed by atoms with van der Waals surface area (Å²) in [6.45, 7) is 7.91. The fraction of sp³-hybridized carbons (Fsp3) is 0.562. The monoisotopic (exact) mass is 260 g/mol. The molecule has 1 amide bonds. The molecule has 1 unspecified atom stereocenters. The van der Waals surface area contributed by atoms with E-state index in [0.29, 0.717) is 6.54 Å². The standard InChI is InChI=1S/C16H24N2O/c1-15(2,13-8-5-4-6-9-13)12-17-14(19)16(3)10-7-11-18-16/h4-6,8-9,18H,7,10-12H2,1-3H3,(H,17,19). The molecule has 104 valence electrons. The first-order valence-corrected chi connectivity index (χ1v) is 7.03. The van der Waals surface area contributed by atoms with Crippen molar-refractivity contribution in [2.24, 2.45) is 0 Å². The Labute approximate surface area is 115 Å². The van der Waals surface area contributed by atoms with Crippen LogP contribution in [0.4, 0.5) is 0 Å². The Balaban J connectivity index is 1.96. The molecule has 1 aromatic rings. The smallest absolute Gasteiger partial charge is 0.240 e. The molecule has 1 aliphatic heterocycles. The van der Waals surface area contributed by atoms with Gasteiger partial charge in [-0.3, -0.25) is 4.79 Å². The minimum atomic E-state index is -0.382. The van der Waals surface area contributed by atoms with E-state index < -0.39 is 0 Å². The SMILES string of the molecule is CC1(C(=O)NCC(C)(C)c2ccccc2)CCCN1. The van der Waals surface area contributed by atoms with Crippen LogP contribution in [0.5, 0.6) is 0 Å². The molecule has 2 N–H and O–H groups in total. The van der Waals surface area contributed by atoms with Crippen LogP contribution < -0.4 is 10.6 Å². The van der Waals surface area contributed by atoms with Gasteiger partial charge in [0.05, 0.1) is 5.54 Å². The summed E-state index contributed by atoms with van der Waals surface area (Å²) in [4.78, 5) is 12.3. The largest absolute Gasteiger partial charge is 0.354 e. The van der Waals surface area contributed by atoms with Gasteiger partial charge in [0.2, 0.25) is 5.91 Å². The summed E-state index contributed by atoms with van der Waals surface area (Å²) in [5.74, 6) is 0.119. The molecule has 1 aliphatic rings. The molecule has 0 spiro atoms. The molecule has 3 nitrogen and oxygen atoms in total. The van der Waals surface area contributed by atoms with Gasteiger partial charge < -0.3 is 10.6 Å². The van der Waals surface area contributed by atoms with Crippen LogP contribution in [0, 0.1) is 0 Å². The van der Waals surface area contributed by atoms with Gasteiger partial charge in [-0.1, -0.05) is 44.2 Å². The summed E-state index contributed by atoms with van der Waals surface area (Å²) in [7, 11) is 0. The van der Waals surface area contributed by atoms with Crippen LogP contribution in [0.3, 0.4) is 0 Å². The van der Waals surface area contributed by atoms with Crippen molar-refractivity contribution >= 4 is 5.91 Å². The molecule has 19 heavy (non-hydrogen) atoms. The van der Waals surface area contributed by atoms with Crippen molar-refractivity contribution < 1.29 is 4.79 Å². The molecule has 1 saturated heterocycles. The number of hydrogen-bond donors (Lipinski definition) is 2. The molecule has 0 saturated carbocycles. The van der Waals surface area contributed by atoms with Crippen molar-refractivity contribution in [3.8, 4) is 0 Å². The van der Waals surface area contributed by atoms with Gasteiger partial charge in [-0.25, -0.2) is 0 Å². The van der Waals surface area contributed by atoms with Crippen LogP contribution in [0.2, 0.25) is 0 Å². The lowest BCUT2D eigenvalue weighted by molar-refractivity contribution is -0.126. The molecule has 0 aliphatic carbocycles. The van der Waals surface area contributed by atoms with E-state index in [0.717, 1.165) is 19.4 Å². The minimum Gasteiger partial charge on any atom is -0.354 e. The summed E-state index contributed by atoms with van der Waals surface area (Å²) >= 11 is 0. The molecular weight excluding hydrogens is 236 g/mol. The maximum absolute atomic E-state index is 12.3. The Bertz CT molecular complexity index is 433. The second kappa shape index (κ2) is 5.33. The lowest BCUT2D eigenvalue weighted by atomic mass is 9.84. The second-order valence-corrected chi connectivity index (χ2v) is 6.30. The first kappa shape index (κ1) is 14.1. The van der Waals surface area contributed by atoms with E-state index in [4.69, 9.17) is 0 Å². The van der Waals surface area contributed by atoms with Gasteiger partial charge in [0.25, 0.3) is 0 Å². The highest BCUT2D eigenvalue weighted by Crippen LogP contribution is 2.23. The number of benzene rings is 1. The number of carbonyl (C=O) groups excluding carboxylic acids is 1. The highest BCUT2D eigenvalue weighted by atomic mass is 16.2. The average Bonchev–Trinajstić information content (AvgIpc) is 2.85. The molecule has 0 radical (unpaired) electrons. The van der Waals surface area contributed by atoms with Crippen molar-refractivity contribution in [3.63, 3.8) is 0 Å². The van der Waals surface area contributed by atoms with Gasteiger partial charge in [-0.2, -0.15) is 0 Å². The predicted octanol–water partition coefficient (Wildman–Crippen LogP) is 2.22. The zero-order chi connectivity index (χ0) is 13.9. The maximum atomic E-state index is 12.3. The normalized spacial score (nSPS) is 23.3. The van der Waals surface area contributed by atoms with Gasteiger partial charge in [-0.15, -0.1) is 0 Å². The fourth-order valence-electron chi connectivity index (χ4n) is 2.58. The van der Waals surface area contributed by atoms with Crippen molar-refractivity contribution in [1.82, 2.24) is 10.6 Å². The lowest BCUT2D eigenvalue weighted by Crippen LogP contribution is -2.53. The summed E-state index contributed by atoms with van der Waals surface area (Å²) in [5, 5.41) is 6.40. The Hall–Kier alpha value is -1.35. The quantitative estimate of drug-likeness (QED) is 0.871. The third-order valence-electron chi connectivity index (χ3n) is 4.12. The van der Waals surface area contributed by atoms with E-state index in [1.165, 1.54) is 5.56 Å². The predicted molar refractivity (Wildman–Crippen MR) is 78.1 cm³/mol. The first-order chi connectivity index (χ1) is 8.94. The van der Waals surface area contributed by atoms with Gasteiger partial charge in [0, 0.05) is 12.0 Å². The lowest BCUT2D eigenvalue weighted by Gasteiger charge is -2.29. The molecule has 0 aromatic heterocycles. The third-order valence-corrected chi connectivity index (χ3v) is 4.12. The number of carbonyl (C=O) groups is 1. The van der Waals surface area contributed by atoms with E-state index in [2.05, 4.69) is 36.6 Å². The van der Waals surface area contributed by atoms with Crippen molar-refractivity contribution in [1.29, 1.82) is 0 Å². The molecular formula is C16H24N2O. The Morgan fingerprint density at radius 3 is 2.63 bits per heavy atom. The first-order valence-electron chi connectivity index (χ1n) is 7.03. The van der Waals surface area contributed by atoms with E-state index in [-0.39, 0.29) is 16.9 Å². The van der Waals surface area contributed by atoms with E-state index in [1.807, 2.05) is 25.1 Å². The number of rotatable bonds is 4. The number of amides is 1. The molecule has 1 fully saturated rings. The summed E-state index contributed by atoms with van der Waals surface area (Å²) in [5.41, 5.74) is 0.818. The van der Waals surface area contributed by atoms with Gasteiger partial charge in [0.15, 0.2) is 0 Å².